The molecule has 140 valence electrons. The van der Waals surface area contributed by atoms with Crippen LogP contribution in [0.15, 0.2) is 53.6 Å². The Bertz CT molecular complexity index is 966. The molecule has 0 fully saturated rings. The second-order valence-electron chi connectivity index (χ2n) is 10.2. The molecule has 2 aliphatic carbocycles. The van der Waals surface area contributed by atoms with Crippen molar-refractivity contribution in [3.8, 4) is 0 Å². The minimum Gasteiger partial charge on any atom is -0.0679 e. The molecule has 0 bridgehead atoms. The lowest BCUT2D eigenvalue weighted by atomic mass is 9.83. The van der Waals surface area contributed by atoms with Crippen molar-refractivity contribution in [2.24, 2.45) is 0 Å². The van der Waals surface area contributed by atoms with E-state index in [2.05, 4.69) is 102 Å². The zero-order chi connectivity index (χ0) is 19.6. The van der Waals surface area contributed by atoms with Crippen molar-refractivity contribution in [2.45, 2.75) is 64.2 Å². The van der Waals surface area contributed by atoms with Crippen molar-refractivity contribution < 1.29 is 0 Å². The highest BCUT2D eigenvalue weighted by Crippen LogP contribution is 2.53. The summed E-state index contributed by atoms with van der Waals surface area (Å²) in [6, 6.07) is 16.0. The fourth-order valence-corrected chi connectivity index (χ4v) is 10.8. The molecule has 0 heterocycles. The maximum atomic E-state index is 2.61. The van der Waals surface area contributed by atoms with E-state index >= 15 is 0 Å². The predicted octanol–water partition coefficient (Wildman–Crippen LogP) is 7.47. The van der Waals surface area contributed by atoms with Gasteiger partial charge >= 0.3 is 0 Å². The van der Waals surface area contributed by atoms with E-state index < -0.39 is 8.07 Å². The summed E-state index contributed by atoms with van der Waals surface area (Å²) in [6.45, 7) is 16.9. The topological polar surface area (TPSA) is 0 Å². The van der Waals surface area contributed by atoms with Crippen molar-refractivity contribution in [1.29, 1.82) is 0 Å². The van der Waals surface area contributed by atoms with Gasteiger partial charge in [-0.05, 0) is 47.1 Å². The molecular formula is C26H32Si. The summed E-state index contributed by atoms with van der Waals surface area (Å²) in [6.07, 6.45) is 4.92. The van der Waals surface area contributed by atoms with Crippen LogP contribution in [-0.2, 0) is 5.41 Å². The van der Waals surface area contributed by atoms with Crippen LogP contribution in [0.5, 0.6) is 0 Å². The molecule has 2 unspecified atom stereocenters. The van der Waals surface area contributed by atoms with Gasteiger partial charge in [0, 0.05) is 11.1 Å². The summed E-state index contributed by atoms with van der Waals surface area (Å²) < 4.78 is 0. The third-order valence-electron chi connectivity index (χ3n) is 6.72. The molecule has 2 aromatic rings. The molecule has 0 spiro atoms. The van der Waals surface area contributed by atoms with Crippen LogP contribution in [0.25, 0.3) is 12.2 Å². The maximum absolute atomic E-state index is 2.61. The molecule has 0 aliphatic heterocycles. The summed E-state index contributed by atoms with van der Waals surface area (Å²) in [5.41, 5.74) is 12.1. The lowest BCUT2D eigenvalue weighted by molar-refractivity contribution is 0.588. The number of allylic oxidation sites excluding steroid dienone is 2. The van der Waals surface area contributed by atoms with Crippen LogP contribution in [0.3, 0.4) is 0 Å². The van der Waals surface area contributed by atoms with Gasteiger partial charge in [-0.1, -0.05) is 99.6 Å². The van der Waals surface area contributed by atoms with Crippen molar-refractivity contribution in [3.63, 3.8) is 0 Å². The van der Waals surface area contributed by atoms with E-state index in [1.54, 1.807) is 22.3 Å². The minimum absolute atomic E-state index is 0.179. The normalized spacial score (nSPS) is 21.6. The molecule has 0 N–H and O–H groups in total. The van der Waals surface area contributed by atoms with E-state index in [0.29, 0.717) is 11.1 Å². The highest BCUT2D eigenvalue weighted by molar-refractivity contribution is 6.81. The molecule has 4 rings (SSSR count). The number of hydrogen-bond donors (Lipinski definition) is 0. The van der Waals surface area contributed by atoms with Gasteiger partial charge < -0.3 is 0 Å². The van der Waals surface area contributed by atoms with Crippen LogP contribution < -0.4 is 0 Å². The third-order valence-corrected chi connectivity index (χ3v) is 11.2. The van der Waals surface area contributed by atoms with Crippen molar-refractivity contribution >= 4 is 20.2 Å². The Balaban J connectivity index is 1.85. The lowest BCUT2D eigenvalue weighted by Gasteiger charge is -2.39. The SMILES string of the molecule is CC1=Cc2ccccc2C1[Si](C)(C)C1C(C)=Cc2c1cccc2C(C)(C)C. The molecule has 1 heteroatoms. The zero-order valence-corrected chi connectivity index (χ0v) is 18.9. The highest BCUT2D eigenvalue weighted by atomic mass is 28.3. The van der Waals surface area contributed by atoms with E-state index in [9.17, 15) is 0 Å². The van der Waals surface area contributed by atoms with Gasteiger partial charge in [0.05, 0.1) is 8.07 Å². The summed E-state index contributed by atoms with van der Waals surface area (Å²) in [7, 11) is -1.68. The fraction of sp³-hybridized carbons (Fsp3) is 0.385. The van der Waals surface area contributed by atoms with Gasteiger partial charge in [0.1, 0.15) is 0 Å². The molecule has 0 saturated carbocycles. The maximum Gasteiger partial charge on any atom is 0.0722 e. The second-order valence-corrected chi connectivity index (χ2v) is 14.9. The third kappa shape index (κ3) is 2.79. The first-order valence-electron chi connectivity index (χ1n) is 10.2. The Morgan fingerprint density at radius 2 is 1.33 bits per heavy atom. The van der Waals surface area contributed by atoms with Gasteiger partial charge in [0.15, 0.2) is 0 Å². The summed E-state index contributed by atoms with van der Waals surface area (Å²) >= 11 is 0. The largest absolute Gasteiger partial charge is 0.0722 e. The molecule has 0 saturated heterocycles. The standard InChI is InChI=1S/C26H32Si/c1-17-15-19-11-8-9-12-20(19)24(17)27(6,7)25-18(2)16-22-21(25)13-10-14-23(22)26(3,4)5/h8-16,24-25H,1-7H3. The van der Waals surface area contributed by atoms with Gasteiger partial charge in [-0.25, -0.2) is 0 Å². The molecule has 2 atom stereocenters. The number of fused-ring (bicyclic) bond motifs is 2. The first-order chi connectivity index (χ1) is 12.6. The van der Waals surface area contributed by atoms with Crippen LogP contribution >= 0.6 is 0 Å². The van der Waals surface area contributed by atoms with Crippen molar-refractivity contribution in [1.82, 2.24) is 0 Å². The zero-order valence-electron chi connectivity index (χ0n) is 17.9. The molecular weight excluding hydrogens is 340 g/mol. The van der Waals surface area contributed by atoms with Gasteiger partial charge in [0.25, 0.3) is 0 Å². The molecule has 0 nitrogen and oxygen atoms in total. The van der Waals surface area contributed by atoms with Crippen LogP contribution in [-0.4, -0.2) is 8.07 Å². The molecule has 0 aromatic heterocycles. The highest BCUT2D eigenvalue weighted by Gasteiger charge is 2.47. The van der Waals surface area contributed by atoms with Crippen LogP contribution in [0, 0.1) is 0 Å². The minimum atomic E-state index is -1.68. The summed E-state index contributed by atoms with van der Waals surface area (Å²) in [5, 5.41) is 0. The average Bonchev–Trinajstić information content (AvgIpc) is 3.09. The van der Waals surface area contributed by atoms with E-state index in [-0.39, 0.29) is 5.41 Å². The number of hydrogen-bond acceptors (Lipinski definition) is 0. The van der Waals surface area contributed by atoms with Gasteiger partial charge in [-0.2, -0.15) is 0 Å². The van der Waals surface area contributed by atoms with Crippen molar-refractivity contribution in [2.75, 3.05) is 0 Å². The van der Waals surface area contributed by atoms with Gasteiger partial charge in [0.2, 0.25) is 0 Å². The Hall–Kier alpha value is -1.86. The predicted molar refractivity (Wildman–Crippen MR) is 122 cm³/mol. The average molecular weight is 373 g/mol. The smallest absolute Gasteiger partial charge is 0.0679 e. The van der Waals surface area contributed by atoms with Gasteiger partial charge in [-0.15, -0.1) is 0 Å². The lowest BCUT2D eigenvalue weighted by Crippen LogP contribution is -2.42. The fourth-order valence-electron chi connectivity index (χ4n) is 5.83. The van der Waals surface area contributed by atoms with Gasteiger partial charge in [-0.3, -0.25) is 0 Å². The van der Waals surface area contributed by atoms with Crippen LogP contribution in [0.2, 0.25) is 13.1 Å². The Labute approximate surface area is 166 Å². The summed E-state index contributed by atoms with van der Waals surface area (Å²) in [5.74, 6) is 0. The molecule has 0 amide bonds. The first-order valence-corrected chi connectivity index (χ1v) is 13.4. The number of rotatable bonds is 2. The summed E-state index contributed by atoms with van der Waals surface area (Å²) in [4.78, 5) is 0. The number of benzene rings is 2. The van der Waals surface area contributed by atoms with Crippen LogP contribution in [0.1, 0.15) is 73.5 Å². The molecule has 2 aromatic carbocycles. The van der Waals surface area contributed by atoms with E-state index in [0.717, 1.165) is 0 Å². The molecule has 0 radical (unpaired) electrons. The van der Waals surface area contributed by atoms with Crippen molar-refractivity contribution in [3.05, 3.63) is 81.4 Å². The Morgan fingerprint density at radius 1 is 0.741 bits per heavy atom. The second kappa shape index (κ2) is 6.07. The van der Waals surface area contributed by atoms with E-state index in [1.165, 1.54) is 16.7 Å². The molecule has 2 aliphatic rings. The molecule has 27 heavy (non-hydrogen) atoms. The first kappa shape index (κ1) is 18.5. The Morgan fingerprint density at radius 3 is 2.04 bits per heavy atom. The van der Waals surface area contributed by atoms with E-state index in [4.69, 9.17) is 0 Å². The Kier molecular flexibility index (Phi) is 4.16. The van der Waals surface area contributed by atoms with E-state index in [1.807, 2.05) is 0 Å². The quantitative estimate of drug-likeness (QED) is 0.479. The van der Waals surface area contributed by atoms with Crippen LogP contribution in [0.4, 0.5) is 0 Å². The monoisotopic (exact) mass is 372 g/mol.